The van der Waals surface area contributed by atoms with Crippen LogP contribution in [0.3, 0.4) is 0 Å². The number of anilines is 1. The second-order valence-corrected chi connectivity index (χ2v) is 3.98. The van der Waals surface area contributed by atoms with Crippen molar-refractivity contribution in [2.24, 2.45) is 0 Å². The molecule has 0 radical (unpaired) electrons. The largest absolute Gasteiger partial charge is 0.478 e. The summed E-state index contributed by atoms with van der Waals surface area (Å²) < 4.78 is 1.52. The van der Waals surface area contributed by atoms with Crippen molar-refractivity contribution in [1.29, 1.82) is 0 Å². The number of carboxylic acid groups (broad SMARTS) is 1. The molecule has 16 heavy (non-hydrogen) atoms. The monoisotopic (exact) mass is 222 g/mol. The Morgan fingerprint density at radius 2 is 2.25 bits per heavy atom. The van der Waals surface area contributed by atoms with E-state index in [1.165, 1.54) is 10.6 Å². The Morgan fingerprint density at radius 3 is 2.94 bits per heavy atom. The molecule has 0 aromatic carbocycles. The van der Waals surface area contributed by atoms with Gasteiger partial charge in [-0.3, -0.25) is 9.36 Å². The van der Waals surface area contributed by atoms with E-state index in [2.05, 4.69) is 5.32 Å². The van der Waals surface area contributed by atoms with Gasteiger partial charge in [0, 0.05) is 19.2 Å². The zero-order valence-corrected chi connectivity index (χ0v) is 9.12. The fraction of sp³-hybridized carbons (Fsp3) is 0.455. The summed E-state index contributed by atoms with van der Waals surface area (Å²) in [6, 6.07) is 1.39. The lowest BCUT2D eigenvalue weighted by atomic mass is 10.1. The first-order valence-electron chi connectivity index (χ1n) is 5.33. The predicted molar refractivity (Wildman–Crippen MR) is 60.1 cm³/mol. The highest BCUT2D eigenvalue weighted by atomic mass is 16.4. The van der Waals surface area contributed by atoms with Crippen LogP contribution in [0.15, 0.2) is 10.9 Å². The van der Waals surface area contributed by atoms with E-state index in [0.717, 1.165) is 12.8 Å². The van der Waals surface area contributed by atoms with Crippen LogP contribution < -0.4 is 10.9 Å². The summed E-state index contributed by atoms with van der Waals surface area (Å²) in [7, 11) is 0. The van der Waals surface area contributed by atoms with Crippen molar-refractivity contribution < 1.29 is 9.90 Å². The topological polar surface area (TPSA) is 71.3 Å². The first-order chi connectivity index (χ1) is 7.61. The maximum Gasteiger partial charge on any atom is 0.339 e. The van der Waals surface area contributed by atoms with Gasteiger partial charge >= 0.3 is 5.97 Å². The molecule has 2 rings (SSSR count). The zero-order valence-electron chi connectivity index (χ0n) is 9.12. The number of carbonyl (C=O) groups is 1. The van der Waals surface area contributed by atoms with E-state index < -0.39 is 5.97 Å². The third-order valence-corrected chi connectivity index (χ3v) is 2.82. The lowest BCUT2D eigenvalue weighted by molar-refractivity contribution is 0.0696. The van der Waals surface area contributed by atoms with Crippen LogP contribution in [0, 0.1) is 6.92 Å². The number of aryl methyl sites for hydroxylation is 1. The van der Waals surface area contributed by atoms with Gasteiger partial charge in [-0.1, -0.05) is 0 Å². The number of hydrogen-bond donors (Lipinski definition) is 2. The maximum atomic E-state index is 11.7. The molecule has 0 fully saturated rings. The molecule has 1 aromatic rings. The molecule has 5 nitrogen and oxygen atoms in total. The molecule has 0 amide bonds. The lowest BCUT2D eigenvalue weighted by Gasteiger charge is -2.14. The highest BCUT2D eigenvalue weighted by molar-refractivity contribution is 5.94. The minimum atomic E-state index is -0.990. The summed E-state index contributed by atoms with van der Waals surface area (Å²) in [5.74, 6) is -0.536. The van der Waals surface area contributed by atoms with Crippen LogP contribution in [0.5, 0.6) is 0 Å². The molecule has 0 unspecified atom stereocenters. The quantitative estimate of drug-likeness (QED) is 0.745. The highest BCUT2D eigenvalue weighted by Gasteiger charge is 2.19. The van der Waals surface area contributed by atoms with Crippen molar-refractivity contribution in [3.8, 4) is 0 Å². The lowest BCUT2D eigenvalue weighted by Crippen LogP contribution is -2.25. The van der Waals surface area contributed by atoms with Gasteiger partial charge in [0.1, 0.15) is 11.4 Å². The summed E-state index contributed by atoms with van der Waals surface area (Å²) >= 11 is 0. The molecule has 0 saturated heterocycles. The molecular formula is C11H14N2O3. The molecule has 0 bridgehead atoms. The number of aromatic nitrogens is 1. The van der Waals surface area contributed by atoms with E-state index in [-0.39, 0.29) is 11.1 Å². The number of nitrogens with zero attached hydrogens (tertiary/aromatic N) is 1. The van der Waals surface area contributed by atoms with Crippen molar-refractivity contribution in [3.05, 3.63) is 27.5 Å². The number of hydrogen-bond acceptors (Lipinski definition) is 3. The van der Waals surface area contributed by atoms with Crippen LogP contribution in [0.2, 0.25) is 0 Å². The Kier molecular flexibility index (Phi) is 2.68. The molecule has 0 aliphatic carbocycles. The first kappa shape index (κ1) is 10.7. The van der Waals surface area contributed by atoms with E-state index in [1.807, 2.05) is 0 Å². The summed E-state index contributed by atoms with van der Waals surface area (Å²) in [5.41, 5.74) is 0.589. The number of carboxylic acids is 1. The summed E-state index contributed by atoms with van der Waals surface area (Å²) in [6.45, 7) is 2.95. The molecule has 0 spiro atoms. The number of fused-ring (bicyclic) bond motifs is 1. The van der Waals surface area contributed by atoms with Crippen LogP contribution in [0.1, 0.15) is 28.8 Å². The van der Waals surface area contributed by atoms with E-state index in [9.17, 15) is 9.59 Å². The minimum Gasteiger partial charge on any atom is -0.478 e. The average molecular weight is 222 g/mol. The molecule has 2 N–H and O–H groups in total. The van der Waals surface area contributed by atoms with Crippen LogP contribution in [0.25, 0.3) is 0 Å². The van der Waals surface area contributed by atoms with Crippen LogP contribution in [-0.4, -0.2) is 22.2 Å². The maximum absolute atomic E-state index is 11.7. The van der Waals surface area contributed by atoms with Gasteiger partial charge in [-0.2, -0.15) is 0 Å². The van der Waals surface area contributed by atoms with Crippen molar-refractivity contribution in [1.82, 2.24) is 4.57 Å². The molecule has 1 aromatic heterocycles. The molecule has 0 atom stereocenters. The van der Waals surface area contributed by atoms with Crippen molar-refractivity contribution in [3.63, 3.8) is 0 Å². The Bertz CT molecular complexity index is 491. The van der Waals surface area contributed by atoms with Gasteiger partial charge in [0.05, 0.1) is 0 Å². The third-order valence-electron chi connectivity index (χ3n) is 2.82. The fourth-order valence-corrected chi connectivity index (χ4v) is 2.04. The fourth-order valence-electron chi connectivity index (χ4n) is 2.04. The second kappa shape index (κ2) is 4.00. The van der Waals surface area contributed by atoms with Crippen LogP contribution in [0.4, 0.5) is 5.82 Å². The van der Waals surface area contributed by atoms with Crippen LogP contribution in [-0.2, 0) is 6.54 Å². The summed E-state index contributed by atoms with van der Waals surface area (Å²) in [5, 5.41) is 12.2. The first-order valence-corrected chi connectivity index (χ1v) is 5.33. The Balaban J connectivity index is 2.70. The van der Waals surface area contributed by atoms with E-state index in [1.54, 1.807) is 6.92 Å². The van der Waals surface area contributed by atoms with Gasteiger partial charge in [-0.05, 0) is 25.3 Å². The summed E-state index contributed by atoms with van der Waals surface area (Å²) in [4.78, 5) is 22.9. The van der Waals surface area contributed by atoms with Gasteiger partial charge in [0.15, 0.2) is 0 Å². The molecule has 0 saturated carbocycles. The van der Waals surface area contributed by atoms with Crippen molar-refractivity contribution in [2.75, 3.05) is 11.9 Å². The Hall–Kier alpha value is -1.78. The number of aromatic carboxylic acids is 1. The van der Waals surface area contributed by atoms with Gasteiger partial charge in [-0.15, -0.1) is 0 Å². The van der Waals surface area contributed by atoms with E-state index in [0.29, 0.717) is 24.5 Å². The zero-order chi connectivity index (χ0) is 11.7. The molecule has 2 heterocycles. The van der Waals surface area contributed by atoms with Gasteiger partial charge < -0.3 is 10.4 Å². The highest BCUT2D eigenvalue weighted by Crippen LogP contribution is 2.20. The van der Waals surface area contributed by atoms with Gasteiger partial charge in [0.25, 0.3) is 5.56 Å². The molecule has 1 aliphatic heterocycles. The third kappa shape index (κ3) is 1.68. The SMILES string of the molecule is Cc1cc(=O)n2c(c1C(=O)O)NCCCC2. The molecular weight excluding hydrogens is 208 g/mol. The van der Waals surface area contributed by atoms with E-state index in [4.69, 9.17) is 5.11 Å². The van der Waals surface area contributed by atoms with Gasteiger partial charge in [0.2, 0.25) is 0 Å². The average Bonchev–Trinajstić information content (AvgIpc) is 2.42. The Morgan fingerprint density at radius 1 is 1.50 bits per heavy atom. The normalized spacial score (nSPS) is 14.8. The molecule has 86 valence electrons. The smallest absolute Gasteiger partial charge is 0.339 e. The van der Waals surface area contributed by atoms with Crippen LogP contribution >= 0.6 is 0 Å². The molecule has 1 aliphatic rings. The second-order valence-electron chi connectivity index (χ2n) is 3.98. The number of nitrogens with one attached hydrogen (secondary N) is 1. The Labute approximate surface area is 92.7 Å². The van der Waals surface area contributed by atoms with Gasteiger partial charge in [-0.25, -0.2) is 4.79 Å². The van der Waals surface area contributed by atoms with E-state index >= 15 is 0 Å². The minimum absolute atomic E-state index is 0.132. The van der Waals surface area contributed by atoms with Crippen molar-refractivity contribution in [2.45, 2.75) is 26.3 Å². The molecule has 5 heteroatoms. The predicted octanol–water partition coefficient (Wildman–Crippen LogP) is 1.06. The standard InChI is InChI=1S/C11H14N2O3/c1-7-6-8(14)13-5-3-2-4-12-10(13)9(7)11(15)16/h6,12H,2-5H2,1H3,(H,15,16). The number of rotatable bonds is 1. The summed E-state index contributed by atoms with van der Waals surface area (Å²) in [6.07, 6.45) is 1.83. The van der Waals surface area contributed by atoms with Crippen molar-refractivity contribution >= 4 is 11.8 Å². The number of pyridine rings is 1.